The van der Waals surface area contributed by atoms with Gasteiger partial charge in [-0.2, -0.15) is 11.8 Å². The minimum atomic E-state index is -0.234. The van der Waals surface area contributed by atoms with Gasteiger partial charge in [0, 0.05) is 25.5 Å². The number of fused-ring (bicyclic) bond motifs is 1. The normalized spacial score (nSPS) is 16.4. The van der Waals surface area contributed by atoms with Crippen LogP contribution in [-0.4, -0.2) is 49.8 Å². The van der Waals surface area contributed by atoms with Gasteiger partial charge in [0.2, 0.25) is 5.91 Å². The molecular formula is C17H21N5O2S. The molecule has 7 nitrogen and oxygen atoms in total. The molecule has 0 saturated heterocycles. The van der Waals surface area contributed by atoms with Gasteiger partial charge in [-0.05, 0) is 25.3 Å². The van der Waals surface area contributed by atoms with Gasteiger partial charge in [0.05, 0.1) is 24.0 Å². The second kappa shape index (κ2) is 7.69. The zero-order valence-corrected chi connectivity index (χ0v) is 15.1. The molecule has 1 aliphatic heterocycles. The highest BCUT2D eigenvalue weighted by Crippen LogP contribution is 2.25. The number of amides is 2. The fourth-order valence-electron chi connectivity index (χ4n) is 2.91. The van der Waals surface area contributed by atoms with Crippen LogP contribution < -0.4 is 5.32 Å². The molecule has 0 aliphatic carbocycles. The third-order valence-electron chi connectivity index (χ3n) is 4.21. The molecule has 2 aromatic rings. The number of aromatic nitrogens is 3. The lowest BCUT2D eigenvalue weighted by Gasteiger charge is -2.33. The van der Waals surface area contributed by atoms with Crippen LogP contribution in [0.3, 0.4) is 0 Å². The van der Waals surface area contributed by atoms with E-state index >= 15 is 0 Å². The minimum absolute atomic E-state index is 0.107. The molecule has 8 heteroatoms. The first kappa shape index (κ1) is 17.5. The summed E-state index contributed by atoms with van der Waals surface area (Å²) in [6, 6.07) is 5.44. The van der Waals surface area contributed by atoms with Gasteiger partial charge < -0.3 is 14.8 Å². The molecule has 1 unspecified atom stereocenters. The zero-order valence-electron chi connectivity index (χ0n) is 14.3. The number of thioether (sulfide) groups is 1. The summed E-state index contributed by atoms with van der Waals surface area (Å²) in [4.78, 5) is 35.0. The lowest BCUT2D eigenvalue weighted by atomic mass is 10.2. The Kier molecular flexibility index (Phi) is 5.37. The van der Waals surface area contributed by atoms with Crippen LogP contribution in [0.1, 0.15) is 35.0 Å². The molecule has 0 aromatic carbocycles. The lowest BCUT2D eigenvalue weighted by molar-refractivity contribution is -0.131. The highest BCUT2D eigenvalue weighted by Gasteiger charge is 2.30. The van der Waals surface area contributed by atoms with E-state index in [0.29, 0.717) is 31.1 Å². The van der Waals surface area contributed by atoms with Gasteiger partial charge in [-0.25, -0.2) is 4.98 Å². The molecule has 0 radical (unpaired) electrons. The molecule has 132 valence electrons. The quantitative estimate of drug-likeness (QED) is 0.875. The van der Waals surface area contributed by atoms with Crippen LogP contribution in [0.4, 0.5) is 0 Å². The monoisotopic (exact) mass is 359 g/mol. The highest BCUT2D eigenvalue weighted by molar-refractivity contribution is 7.99. The Morgan fingerprint density at radius 3 is 2.92 bits per heavy atom. The van der Waals surface area contributed by atoms with Crippen LogP contribution in [0.25, 0.3) is 0 Å². The summed E-state index contributed by atoms with van der Waals surface area (Å²) in [5.41, 5.74) is 1.17. The predicted octanol–water partition coefficient (Wildman–Crippen LogP) is 1.47. The zero-order chi connectivity index (χ0) is 17.8. The van der Waals surface area contributed by atoms with Crippen molar-refractivity contribution in [2.24, 2.45) is 0 Å². The molecule has 3 heterocycles. The third kappa shape index (κ3) is 3.84. The molecule has 1 N–H and O–H groups in total. The summed E-state index contributed by atoms with van der Waals surface area (Å²) < 4.78 is 1.96. The van der Waals surface area contributed by atoms with Crippen molar-refractivity contribution < 1.29 is 9.59 Å². The number of hydrogen-bond donors (Lipinski definition) is 1. The van der Waals surface area contributed by atoms with Crippen molar-refractivity contribution in [3.05, 3.63) is 47.8 Å². The average Bonchev–Trinajstić information content (AvgIpc) is 3.06. The molecule has 3 rings (SSSR count). The summed E-state index contributed by atoms with van der Waals surface area (Å²) in [7, 11) is 0. The van der Waals surface area contributed by atoms with E-state index in [0.717, 1.165) is 11.5 Å². The Bertz CT molecular complexity index is 762. The molecule has 1 atom stereocenters. The lowest BCUT2D eigenvalue weighted by Crippen LogP contribution is -2.41. The Labute approximate surface area is 150 Å². The van der Waals surface area contributed by atoms with E-state index < -0.39 is 0 Å². The Balaban J connectivity index is 1.69. The van der Waals surface area contributed by atoms with Crippen molar-refractivity contribution in [2.75, 3.05) is 18.6 Å². The van der Waals surface area contributed by atoms with E-state index in [-0.39, 0.29) is 17.9 Å². The summed E-state index contributed by atoms with van der Waals surface area (Å²) in [5, 5.41) is 2.83. The maximum Gasteiger partial charge on any atom is 0.271 e. The van der Waals surface area contributed by atoms with Crippen molar-refractivity contribution in [1.29, 1.82) is 0 Å². The first-order chi connectivity index (χ1) is 12.1. The molecular weight excluding hydrogens is 338 g/mol. The second-order valence-electron chi connectivity index (χ2n) is 5.88. The molecule has 2 aromatic heterocycles. The van der Waals surface area contributed by atoms with Gasteiger partial charge >= 0.3 is 0 Å². The summed E-state index contributed by atoms with van der Waals surface area (Å²) in [6.45, 7) is 3.60. The van der Waals surface area contributed by atoms with Crippen LogP contribution in [-0.2, 0) is 17.9 Å². The molecule has 0 spiro atoms. The maximum absolute atomic E-state index is 12.4. The molecule has 0 bridgehead atoms. The van der Waals surface area contributed by atoms with Crippen LogP contribution in [0.2, 0.25) is 0 Å². The van der Waals surface area contributed by atoms with Crippen LogP contribution in [0.15, 0.2) is 30.6 Å². The van der Waals surface area contributed by atoms with E-state index in [1.54, 1.807) is 12.4 Å². The summed E-state index contributed by atoms with van der Waals surface area (Å²) in [5.74, 6) is 1.09. The number of nitrogens with one attached hydrogen (secondary N) is 1. The Morgan fingerprint density at radius 1 is 1.36 bits per heavy atom. The van der Waals surface area contributed by atoms with Crippen molar-refractivity contribution in [3.8, 4) is 0 Å². The molecule has 0 fully saturated rings. The van der Waals surface area contributed by atoms with Crippen molar-refractivity contribution >= 4 is 23.6 Å². The SMILES string of the molecule is CSCC(=O)N1CCn2cc(C(=O)NCc3ccccn3)nc2C1C. The van der Waals surface area contributed by atoms with E-state index in [2.05, 4.69) is 15.3 Å². The van der Waals surface area contributed by atoms with E-state index in [1.165, 1.54) is 11.8 Å². The Hall–Kier alpha value is -2.35. The van der Waals surface area contributed by atoms with Crippen LogP contribution in [0, 0.1) is 0 Å². The van der Waals surface area contributed by atoms with Gasteiger partial charge in [0.25, 0.3) is 5.91 Å². The molecule has 2 amide bonds. The van der Waals surface area contributed by atoms with Crippen molar-refractivity contribution in [2.45, 2.75) is 26.1 Å². The standard InChI is InChI=1S/C17H21N5O2S/c1-12-16-20-14(17(24)19-9-13-5-3-4-6-18-13)10-21(16)7-8-22(12)15(23)11-25-2/h3-6,10,12H,7-9,11H2,1-2H3,(H,19,24). The number of carbonyl (C=O) groups excluding carboxylic acids is 2. The Morgan fingerprint density at radius 2 is 2.20 bits per heavy atom. The number of imidazole rings is 1. The number of pyridine rings is 1. The summed E-state index contributed by atoms with van der Waals surface area (Å²) in [6.07, 6.45) is 5.37. The number of rotatable bonds is 5. The van der Waals surface area contributed by atoms with Gasteiger partial charge in [0.1, 0.15) is 11.5 Å². The van der Waals surface area contributed by atoms with E-state index in [9.17, 15) is 9.59 Å². The van der Waals surface area contributed by atoms with Gasteiger partial charge in [-0.1, -0.05) is 6.07 Å². The first-order valence-corrected chi connectivity index (χ1v) is 9.53. The minimum Gasteiger partial charge on any atom is -0.345 e. The third-order valence-corrected chi connectivity index (χ3v) is 4.74. The first-order valence-electron chi connectivity index (χ1n) is 8.13. The highest BCUT2D eigenvalue weighted by atomic mass is 32.2. The smallest absolute Gasteiger partial charge is 0.271 e. The van der Waals surface area contributed by atoms with Crippen molar-refractivity contribution in [1.82, 2.24) is 24.8 Å². The fraction of sp³-hybridized carbons (Fsp3) is 0.412. The molecule has 25 heavy (non-hydrogen) atoms. The van der Waals surface area contributed by atoms with Crippen molar-refractivity contribution in [3.63, 3.8) is 0 Å². The molecule has 1 aliphatic rings. The van der Waals surface area contributed by atoms with E-state index in [4.69, 9.17) is 0 Å². The molecule has 0 saturated carbocycles. The fourth-order valence-corrected chi connectivity index (χ4v) is 3.32. The second-order valence-corrected chi connectivity index (χ2v) is 6.74. The predicted molar refractivity (Wildman–Crippen MR) is 96.1 cm³/mol. The van der Waals surface area contributed by atoms with E-state index in [1.807, 2.05) is 40.8 Å². The van der Waals surface area contributed by atoms with Gasteiger partial charge in [-0.3, -0.25) is 14.6 Å². The van der Waals surface area contributed by atoms with Gasteiger partial charge in [-0.15, -0.1) is 0 Å². The maximum atomic E-state index is 12.4. The van der Waals surface area contributed by atoms with Gasteiger partial charge in [0.15, 0.2) is 0 Å². The van der Waals surface area contributed by atoms with Crippen LogP contribution in [0.5, 0.6) is 0 Å². The number of carbonyl (C=O) groups is 2. The largest absolute Gasteiger partial charge is 0.345 e. The summed E-state index contributed by atoms with van der Waals surface area (Å²) >= 11 is 1.51. The number of nitrogens with zero attached hydrogens (tertiary/aromatic N) is 4. The average molecular weight is 359 g/mol. The topological polar surface area (TPSA) is 80.1 Å². The van der Waals surface area contributed by atoms with Crippen LogP contribution >= 0.6 is 11.8 Å². The number of hydrogen-bond acceptors (Lipinski definition) is 5.